The Balaban J connectivity index is 1.96. The highest BCUT2D eigenvalue weighted by molar-refractivity contribution is 7.89. The van der Waals surface area contributed by atoms with E-state index in [9.17, 15) is 18.0 Å². The van der Waals surface area contributed by atoms with Gasteiger partial charge in [-0.1, -0.05) is 55.0 Å². The minimum Gasteiger partial charge on any atom is -0.453 e. The number of esters is 1. The van der Waals surface area contributed by atoms with Crippen LogP contribution in [-0.4, -0.2) is 32.8 Å². The molecule has 7 heteroatoms. The summed E-state index contributed by atoms with van der Waals surface area (Å²) in [6, 6.07) is 14.7. The summed E-state index contributed by atoms with van der Waals surface area (Å²) >= 11 is 0. The Kier molecular flexibility index (Phi) is 6.65. The molecule has 0 saturated carbocycles. The molecule has 2 aromatic rings. The van der Waals surface area contributed by atoms with E-state index in [1.54, 1.807) is 49.4 Å². The van der Waals surface area contributed by atoms with Crippen LogP contribution in [-0.2, 0) is 19.6 Å². The molecule has 0 aromatic heterocycles. The van der Waals surface area contributed by atoms with Gasteiger partial charge in [-0.15, -0.1) is 0 Å². The van der Waals surface area contributed by atoms with E-state index in [1.165, 1.54) is 12.1 Å². The van der Waals surface area contributed by atoms with Crippen LogP contribution >= 0.6 is 0 Å². The third-order valence-electron chi connectivity index (χ3n) is 3.73. The summed E-state index contributed by atoms with van der Waals surface area (Å²) in [6.45, 7) is 3.01. The van der Waals surface area contributed by atoms with Crippen molar-refractivity contribution in [1.29, 1.82) is 0 Å². The molecule has 0 bridgehead atoms. The van der Waals surface area contributed by atoms with Gasteiger partial charge in [-0.3, -0.25) is 9.59 Å². The first-order valence-electron chi connectivity index (χ1n) is 8.18. The molecule has 0 amide bonds. The molecule has 0 aliphatic rings. The van der Waals surface area contributed by atoms with E-state index in [0.29, 0.717) is 12.0 Å². The van der Waals surface area contributed by atoms with Crippen LogP contribution in [0, 0.1) is 6.92 Å². The van der Waals surface area contributed by atoms with Crippen molar-refractivity contribution in [3.8, 4) is 0 Å². The highest BCUT2D eigenvalue weighted by Crippen LogP contribution is 2.11. The molecule has 1 N–H and O–H groups in total. The lowest BCUT2D eigenvalue weighted by atomic mass is 10.0. The first-order valence-corrected chi connectivity index (χ1v) is 9.67. The zero-order valence-electron chi connectivity index (χ0n) is 14.6. The molecule has 0 radical (unpaired) electrons. The number of hydrogen-bond donors (Lipinski definition) is 1. The van der Waals surface area contributed by atoms with Crippen LogP contribution in [0.4, 0.5) is 0 Å². The lowest BCUT2D eigenvalue weighted by Crippen LogP contribution is -2.35. The van der Waals surface area contributed by atoms with Gasteiger partial charge in [0.2, 0.25) is 15.8 Å². The molecule has 6 nitrogen and oxygen atoms in total. The van der Waals surface area contributed by atoms with Gasteiger partial charge in [0.05, 0.1) is 4.90 Å². The number of sulfonamides is 1. The van der Waals surface area contributed by atoms with E-state index in [0.717, 1.165) is 5.56 Å². The van der Waals surface area contributed by atoms with Crippen LogP contribution < -0.4 is 4.72 Å². The van der Waals surface area contributed by atoms with E-state index in [-0.39, 0.29) is 10.7 Å². The number of hydrogen-bond acceptors (Lipinski definition) is 5. The van der Waals surface area contributed by atoms with Gasteiger partial charge in [0.25, 0.3) is 0 Å². The molecule has 0 aliphatic carbocycles. The molecule has 138 valence electrons. The largest absolute Gasteiger partial charge is 0.453 e. The van der Waals surface area contributed by atoms with Crippen molar-refractivity contribution < 1.29 is 22.7 Å². The summed E-state index contributed by atoms with van der Waals surface area (Å²) in [5.41, 5.74) is 1.36. The molecule has 0 fully saturated rings. The monoisotopic (exact) mass is 375 g/mol. The average molecular weight is 375 g/mol. The van der Waals surface area contributed by atoms with Crippen LogP contribution in [0.5, 0.6) is 0 Å². The quantitative estimate of drug-likeness (QED) is 0.565. The number of Topliss-reactive ketones (excluding diaryl/α,β-unsaturated/α-hetero) is 1. The minimum atomic E-state index is -3.82. The van der Waals surface area contributed by atoms with E-state index >= 15 is 0 Å². The highest BCUT2D eigenvalue weighted by atomic mass is 32.2. The molecule has 2 aromatic carbocycles. The number of aryl methyl sites for hydroxylation is 1. The first kappa shape index (κ1) is 19.8. The fourth-order valence-corrected chi connectivity index (χ4v) is 3.23. The van der Waals surface area contributed by atoms with Crippen molar-refractivity contribution in [2.45, 2.75) is 31.3 Å². The van der Waals surface area contributed by atoms with Crippen LogP contribution in [0.2, 0.25) is 0 Å². The Bertz CT molecular complexity index is 861. The standard InChI is InChI=1S/C19H21NO5S/c1-3-17(19(22)15-7-5-4-6-8-15)25-18(21)13-20-26(23,24)16-11-9-14(2)10-12-16/h4-12,17,20H,3,13H2,1-2H3/t17-/m1/s1. The smallest absolute Gasteiger partial charge is 0.321 e. The Hall–Kier alpha value is -2.51. The van der Waals surface area contributed by atoms with E-state index in [2.05, 4.69) is 4.72 Å². The summed E-state index contributed by atoms with van der Waals surface area (Å²) in [6.07, 6.45) is -0.654. The van der Waals surface area contributed by atoms with Gasteiger partial charge in [0, 0.05) is 5.56 Å². The molecular weight excluding hydrogens is 354 g/mol. The maximum absolute atomic E-state index is 12.4. The summed E-state index contributed by atoms with van der Waals surface area (Å²) in [4.78, 5) is 24.4. The Labute approximate surface area is 153 Å². The number of carbonyl (C=O) groups excluding carboxylic acids is 2. The fourth-order valence-electron chi connectivity index (χ4n) is 2.27. The molecule has 0 saturated heterocycles. The molecular formula is C19H21NO5S. The van der Waals surface area contributed by atoms with Crippen molar-refractivity contribution in [2.75, 3.05) is 6.54 Å². The van der Waals surface area contributed by atoms with E-state index in [4.69, 9.17) is 4.74 Å². The average Bonchev–Trinajstić information content (AvgIpc) is 2.65. The van der Waals surface area contributed by atoms with E-state index < -0.39 is 28.6 Å². The molecule has 1 atom stereocenters. The number of ether oxygens (including phenoxy) is 1. The van der Waals surface area contributed by atoms with Crippen LogP contribution in [0.1, 0.15) is 29.3 Å². The molecule has 0 spiro atoms. The molecule has 0 aliphatic heterocycles. The van der Waals surface area contributed by atoms with Gasteiger partial charge in [-0.25, -0.2) is 8.42 Å². The zero-order valence-corrected chi connectivity index (χ0v) is 15.5. The molecule has 2 rings (SSSR count). The third kappa shape index (κ3) is 5.24. The third-order valence-corrected chi connectivity index (χ3v) is 5.15. The van der Waals surface area contributed by atoms with Crippen molar-refractivity contribution in [1.82, 2.24) is 4.72 Å². The highest BCUT2D eigenvalue weighted by Gasteiger charge is 2.23. The zero-order chi connectivity index (χ0) is 19.2. The van der Waals surface area contributed by atoms with Gasteiger partial charge < -0.3 is 4.74 Å². The second-order valence-electron chi connectivity index (χ2n) is 5.75. The number of benzene rings is 2. The predicted molar refractivity (Wildman–Crippen MR) is 97.3 cm³/mol. The summed E-state index contributed by atoms with van der Waals surface area (Å²) in [5.74, 6) is -1.13. The van der Waals surface area contributed by atoms with Gasteiger partial charge >= 0.3 is 5.97 Å². The lowest BCUT2D eigenvalue weighted by Gasteiger charge is -2.15. The molecule has 0 heterocycles. The number of ketones is 1. The van der Waals surface area contributed by atoms with Gasteiger partial charge in [0.1, 0.15) is 6.54 Å². The number of carbonyl (C=O) groups is 2. The first-order chi connectivity index (χ1) is 12.3. The van der Waals surface area contributed by atoms with Crippen LogP contribution in [0.3, 0.4) is 0 Å². The number of nitrogens with one attached hydrogen (secondary N) is 1. The fraction of sp³-hybridized carbons (Fsp3) is 0.263. The summed E-state index contributed by atoms with van der Waals surface area (Å²) in [5, 5.41) is 0. The van der Waals surface area contributed by atoms with Crippen molar-refractivity contribution in [3.63, 3.8) is 0 Å². The van der Waals surface area contributed by atoms with Gasteiger partial charge in [-0.05, 0) is 25.5 Å². The van der Waals surface area contributed by atoms with Gasteiger partial charge in [0.15, 0.2) is 6.10 Å². The van der Waals surface area contributed by atoms with E-state index in [1.807, 2.05) is 6.92 Å². The number of rotatable bonds is 8. The van der Waals surface area contributed by atoms with Crippen LogP contribution in [0.25, 0.3) is 0 Å². The summed E-state index contributed by atoms with van der Waals surface area (Å²) < 4.78 is 31.7. The van der Waals surface area contributed by atoms with Gasteiger partial charge in [-0.2, -0.15) is 4.72 Å². The van der Waals surface area contributed by atoms with Crippen molar-refractivity contribution >= 4 is 21.8 Å². The van der Waals surface area contributed by atoms with Crippen LogP contribution in [0.15, 0.2) is 59.5 Å². The Morgan fingerprint density at radius 1 is 1.04 bits per heavy atom. The molecule has 0 unspecified atom stereocenters. The van der Waals surface area contributed by atoms with Crippen molar-refractivity contribution in [2.24, 2.45) is 0 Å². The Morgan fingerprint density at radius 3 is 2.23 bits per heavy atom. The Morgan fingerprint density at radius 2 is 1.65 bits per heavy atom. The topological polar surface area (TPSA) is 89.5 Å². The minimum absolute atomic E-state index is 0.0586. The summed E-state index contributed by atoms with van der Waals surface area (Å²) in [7, 11) is -3.82. The second-order valence-corrected chi connectivity index (χ2v) is 7.52. The normalized spacial score (nSPS) is 12.4. The predicted octanol–water partition coefficient (Wildman–Crippen LogP) is 2.48. The maximum Gasteiger partial charge on any atom is 0.321 e. The second kappa shape index (κ2) is 8.73. The molecule has 26 heavy (non-hydrogen) atoms. The SMILES string of the molecule is CC[C@@H](OC(=O)CNS(=O)(=O)c1ccc(C)cc1)C(=O)c1ccccc1. The maximum atomic E-state index is 12.4. The van der Waals surface area contributed by atoms with Crippen molar-refractivity contribution in [3.05, 3.63) is 65.7 Å². The lowest BCUT2D eigenvalue weighted by molar-refractivity contribution is -0.145.